The number of phenols is 2. The molecule has 0 spiro atoms. The van der Waals surface area contributed by atoms with Gasteiger partial charge in [-0.05, 0) is 85.0 Å². The molecule has 4 aliphatic rings. The number of halogens is 5. The maximum Gasteiger partial charge on any atom is 0.573 e. The molecule has 0 bridgehead atoms. The van der Waals surface area contributed by atoms with Gasteiger partial charge in [-0.2, -0.15) is 5.01 Å². The number of amides is 4. The van der Waals surface area contributed by atoms with Gasteiger partial charge in [0.05, 0.1) is 46.7 Å². The maximum atomic E-state index is 15.4. The van der Waals surface area contributed by atoms with E-state index in [1.165, 1.54) is 55.6 Å². The number of anilines is 2. The largest absolute Gasteiger partial charge is 0.573 e. The zero-order valence-corrected chi connectivity index (χ0v) is 31.9. The molecule has 0 aromatic heterocycles. The molecule has 8 rings (SSSR count). The first kappa shape index (κ1) is 39.6. The van der Waals surface area contributed by atoms with Crippen LogP contribution in [0.1, 0.15) is 40.2 Å². The van der Waals surface area contributed by atoms with Crippen LogP contribution in [0.25, 0.3) is 0 Å². The normalized spacial score (nSPS) is 25.0. The number of nitrogens with one attached hydrogen (secondary N) is 1. The van der Waals surface area contributed by atoms with Gasteiger partial charge in [-0.15, -0.1) is 13.2 Å². The number of allylic oxidation sites excluding steroid dienone is 2. The number of carboxylic acids is 1. The third kappa shape index (κ3) is 6.28. The minimum Gasteiger partial charge on any atom is -0.508 e. The molecule has 59 heavy (non-hydrogen) atoms. The summed E-state index contributed by atoms with van der Waals surface area (Å²) in [6.07, 6.45) is -3.90. The number of rotatable bonds is 8. The molecule has 4 aromatic rings. The molecule has 6 atom stereocenters. The number of carbonyl (C=O) groups is 5. The smallest absolute Gasteiger partial charge is 0.508 e. The monoisotopic (exact) mass is 851 g/mol. The van der Waals surface area contributed by atoms with Crippen molar-refractivity contribution in [3.8, 4) is 23.0 Å². The number of hydrogen-bond acceptors (Lipinski definition) is 10. The molecular formula is C41H30Cl2F3N3O10. The number of carbonyl (C=O) groups excluding carboxylic acids is 4. The quantitative estimate of drug-likeness (QED) is 0.104. The van der Waals surface area contributed by atoms with Gasteiger partial charge < -0.3 is 24.8 Å². The van der Waals surface area contributed by atoms with Crippen molar-refractivity contribution >= 4 is 64.2 Å². The first-order chi connectivity index (χ1) is 28.0. The SMILES string of the molecule is COc1ccc(C23C(=O)N(Nc4ccc(Cl)cc4Cl)C(=O)C2CC2C(=CCC4C(=O)N(c5ccc(C(=O)O)c(O)c5)C(=O)C42)C3c2cc(OC(F)(F)F)ccc2O)cc1. The topological polar surface area (TPSA) is 183 Å². The molecule has 304 valence electrons. The van der Waals surface area contributed by atoms with Crippen molar-refractivity contribution in [3.63, 3.8) is 0 Å². The summed E-state index contributed by atoms with van der Waals surface area (Å²) in [4.78, 5) is 71.4. The Labute approximate surface area is 342 Å². The number of methoxy groups -OCH3 is 1. The van der Waals surface area contributed by atoms with Crippen molar-refractivity contribution in [1.82, 2.24) is 5.01 Å². The van der Waals surface area contributed by atoms with E-state index in [1.807, 2.05) is 0 Å². The molecule has 4 amide bonds. The van der Waals surface area contributed by atoms with Crippen molar-refractivity contribution in [3.05, 3.63) is 117 Å². The highest BCUT2D eigenvalue weighted by Crippen LogP contribution is 2.65. The minimum atomic E-state index is -5.16. The van der Waals surface area contributed by atoms with Crippen LogP contribution < -0.4 is 19.8 Å². The van der Waals surface area contributed by atoms with Crippen LogP contribution in [0, 0.1) is 23.7 Å². The van der Waals surface area contributed by atoms with E-state index in [0.29, 0.717) is 5.75 Å². The highest BCUT2D eigenvalue weighted by Gasteiger charge is 2.71. The van der Waals surface area contributed by atoms with Crippen molar-refractivity contribution in [2.45, 2.75) is 30.5 Å². The average molecular weight is 853 g/mol. The lowest BCUT2D eigenvalue weighted by Gasteiger charge is -2.50. The van der Waals surface area contributed by atoms with Gasteiger partial charge >= 0.3 is 12.3 Å². The Kier molecular flexibility index (Phi) is 9.54. The van der Waals surface area contributed by atoms with E-state index in [0.717, 1.165) is 40.2 Å². The summed E-state index contributed by atoms with van der Waals surface area (Å²) in [7, 11) is 1.41. The van der Waals surface area contributed by atoms with Crippen LogP contribution in [0.3, 0.4) is 0 Å². The van der Waals surface area contributed by atoms with Gasteiger partial charge in [0.2, 0.25) is 11.8 Å². The first-order valence-corrected chi connectivity index (χ1v) is 18.7. The Morgan fingerprint density at radius 1 is 0.864 bits per heavy atom. The lowest BCUT2D eigenvalue weighted by atomic mass is 9.49. The van der Waals surface area contributed by atoms with Gasteiger partial charge in [0.1, 0.15) is 28.6 Å². The molecule has 2 aliphatic carbocycles. The van der Waals surface area contributed by atoms with Crippen molar-refractivity contribution < 1.29 is 61.9 Å². The fourth-order valence-corrected chi connectivity index (χ4v) is 9.69. The summed E-state index contributed by atoms with van der Waals surface area (Å²) in [5.74, 6) is -12.3. The molecule has 1 saturated carbocycles. The second kappa shape index (κ2) is 14.2. The highest BCUT2D eigenvalue weighted by atomic mass is 35.5. The number of ether oxygens (including phenoxy) is 2. The molecule has 6 unspecified atom stereocenters. The Morgan fingerprint density at radius 3 is 2.22 bits per heavy atom. The maximum absolute atomic E-state index is 15.4. The van der Waals surface area contributed by atoms with E-state index in [4.69, 9.17) is 27.9 Å². The van der Waals surface area contributed by atoms with Crippen LogP contribution in [0.2, 0.25) is 10.0 Å². The number of alkyl halides is 3. The third-order valence-corrected chi connectivity index (χ3v) is 12.1. The number of benzene rings is 4. The number of imide groups is 2. The molecule has 0 radical (unpaired) electrons. The molecule has 3 fully saturated rings. The molecular weight excluding hydrogens is 822 g/mol. The van der Waals surface area contributed by atoms with Gasteiger partial charge in [0.15, 0.2) is 0 Å². The van der Waals surface area contributed by atoms with Crippen LogP contribution in [0.5, 0.6) is 23.0 Å². The summed E-state index contributed by atoms with van der Waals surface area (Å²) in [5, 5.41) is 32.5. The Morgan fingerprint density at radius 2 is 1.58 bits per heavy atom. The number of hydrogen-bond donors (Lipinski definition) is 4. The average Bonchev–Trinajstić information content (AvgIpc) is 3.56. The summed E-state index contributed by atoms with van der Waals surface area (Å²) in [6.45, 7) is 0. The fraction of sp³-hybridized carbons (Fsp3) is 0.244. The van der Waals surface area contributed by atoms with Crippen LogP contribution >= 0.6 is 23.2 Å². The third-order valence-electron chi connectivity index (χ3n) is 11.6. The van der Waals surface area contributed by atoms with E-state index in [-0.39, 0.29) is 51.0 Å². The number of aromatic carboxylic acids is 1. The number of aromatic hydroxyl groups is 2. The van der Waals surface area contributed by atoms with Gasteiger partial charge in [-0.3, -0.25) is 24.6 Å². The van der Waals surface area contributed by atoms with Crippen molar-refractivity contribution in [2.24, 2.45) is 23.7 Å². The molecule has 2 heterocycles. The summed E-state index contributed by atoms with van der Waals surface area (Å²) in [6, 6.07) is 16.4. The van der Waals surface area contributed by atoms with Gasteiger partial charge in [0, 0.05) is 22.6 Å². The Bertz CT molecular complexity index is 2510. The second-order valence-corrected chi connectivity index (χ2v) is 15.3. The number of fused-ring (bicyclic) bond motifs is 4. The van der Waals surface area contributed by atoms with Crippen LogP contribution in [-0.4, -0.2) is 63.4 Å². The molecule has 2 aliphatic heterocycles. The zero-order valence-electron chi connectivity index (χ0n) is 30.4. The van der Waals surface area contributed by atoms with E-state index in [2.05, 4.69) is 10.2 Å². The van der Waals surface area contributed by atoms with E-state index >= 15 is 4.79 Å². The first-order valence-electron chi connectivity index (χ1n) is 17.9. The van der Waals surface area contributed by atoms with Gasteiger partial charge in [0.25, 0.3) is 11.8 Å². The number of carboxylic acid groups (broad SMARTS) is 1. The summed E-state index contributed by atoms with van der Waals surface area (Å²) in [5.41, 5.74) is 0.546. The zero-order chi connectivity index (χ0) is 42.3. The predicted octanol–water partition coefficient (Wildman–Crippen LogP) is 7.20. The minimum absolute atomic E-state index is 0.0365. The molecule has 4 aromatic carbocycles. The lowest BCUT2D eigenvalue weighted by molar-refractivity contribution is -0.274. The van der Waals surface area contributed by atoms with Gasteiger partial charge in [-0.1, -0.05) is 47.0 Å². The number of phenolic OH excluding ortho intramolecular Hbond substituents is 1. The molecule has 18 heteroatoms. The Balaban J connectivity index is 1.34. The van der Waals surface area contributed by atoms with Crippen LogP contribution in [0.15, 0.2) is 90.5 Å². The number of hydrazine groups is 1. The van der Waals surface area contributed by atoms with E-state index < -0.39 is 93.8 Å². The summed E-state index contributed by atoms with van der Waals surface area (Å²) >= 11 is 12.6. The molecule has 13 nitrogen and oxygen atoms in total. The number of nitrogens with zero attached hydrogens (tertiary/aromatic N) is 2. The van der Waals surface area contributed by atoms with Crippen molar-refractivity contribution in [2.75, 3.05) is 17.4 Å². The fourth-order valence-electron chi connectivity index (χ4n) is 9.24. The van der Waals surface area contributed by atoms with Gasteiger partial charge in [-0.25, -0.2) is 9.69 Å². The standard InChI is InChI=1S/C41H30Cl2F3N3O10/c1-58-21-6-2-18(3-7-21)40-28(36(53)49(39(40)57)47-30-12-4-19(42)14-29(30)43)17-26-23(34(40)27-16-22(8-13-31(27)50)59-41(44,45)46)10-11-25-33(26)37(54)48(35(25)52)20-5-9-24(38(55)56)32(51)15-20/h2-10,12-16,25-26,28,33-34,47,50-51H,11,17H2,1H3,(H,55,56). The molecule has 4 N–H and O–H groups in total. The molecule has 2 saturated heterocycles. The highest BCUT2D eigenvalue weighted by molar-refractivity contribution is 6.36. The van der Waals surface area contributed by atoms with Crippen LogP contribution in [-0.2, 0) is 24.6 Å². The van der Waals surface area contributed by atoms with Crippen LogP contribution in [0.4, 0.5) is 24.5 Å². The predicted molar refractivity (Wildman–Crippen MR) is 203 cm³/mol. The second-order valence-electron chi connectivity index (χ2n) is 14.5. The lowest BCUT2D eigenvalue weighted by Crippen LogP contribution is -2.53. The summed E-state index contributed by atoms with van der Waals surface area (Å²) < 4.78 is 50.6. The Hall–Kier alpha value is -6.26. The van der Waals surface area contributed by atoms with Crippen molar-refractivity contribution in [1.29, 1.82) is 0 Å². The van der Waals surface area contributed by atoms with E-state index in [1.54, 1.807) is 6.08 Å². The van der Waals surface area contributed by atoms with E-state index in [9.17, 15) is 47.7 Å².